The zero-order valence-corrected chi connectivity index (χ0v) is 9.43. The van der Waals surface area contributed by atoms with Gasteiger partial charge in [-0.15, -0.1) is 0 Å². The monoisotopic (exact) mass is 199 g/mol. The summed E-state index contributed by atoms with van der Waals surface area (Å²) in [6.45, 7) is 6.56. The first-order chi connectivity index (χ1) is 6.60. The molecular weight excluding hydrogens is 178 g/mol. The van der Waals surface area contributed by atoms with E-state index < -0.39 is 0 Å². The Morgan fingerprint density at radius 3 is 2.86 bits per heavy atom. The number of nitrogens with one attached hydrogen (secondary N) is 1. The number of Topliss-reactive ketones (excluding diaryl/α,β-unsaturated/α-hetero) is 1. The molecule has 14 heavy (non-hydrogen) atoms. The van der Waals surface area contributed by atoms with Crippen molar-refractivity contribution in [2.75, 3.05) is 26.8 Å². The molecule has 3 nitrogen and oxygen atoms in total. The Labute approximate surface area is 86.2 Å². The van der Waals surface area contributed by atoms with Gasteiger partial charge in [0, 0.05) is 31.6 Å². The van der Waals surface area contributed by atoms with Crippen LogP contribution in [0.2, 0.25) is 0 Å². The lowest BCUT2D eigenvalue weighted by molar-refractivity contribution is -0.131. The Hall–Kier alpha value is -0.410. The first kappa shape index (κ1) is 11.7. The van der Waals surface area contributed by atoms with E-state index in [1.54, 1.807) is 7.11 Å². The molecular formula is C11H21NO2. The zero-order chi connectivity index (χ0) is 10.6. The summed E-state index contributed by atoms with van der Waals surface area (Å²) in [5, 5.41) is 3.25. The van der Waals surface area contributed by atoms with Crippen LogP contribution in [0.1, 0.15) is 26.7 Å². The van der Waals surface area contributed by atoms with Gasteiger partial charge in [-0.25, -0.2) is 0 Å². The Morgan fingerprint density at radius 2 is 2.36 bits per heavy atom. The smallest absolute Gasteiger partial charge is 0.142 e. The van der Waals surface area contributed by atoms with Gasteiger partial charge in [0.2, 0.25) is 0 Å². The molecule has 0 bridgehead atoms. The number of rotatable bonds is 5. The average Bonchev–Trinajstić information content (AvgIpc) is 2.61. The fourth-order valence-electron chi connectivity index (χ4n) is 2.05. The Kier molecular flexibility index (Phi) is 4.08. The molecule has 0 spiro atoms. The number of carbonyl (C=O) groups is 1. The molecule has 0 aromatic rings. The minimum atomic E-state index is -0.132. The fraction of sp³-hybridized carbons (Fsp3) is 0.909. The molecule has 1 aliphatic rings. The van der Waals surface area contributed by atoms with E-state index in [9.17, 15) is 4.79 Å². The largest absolute Gasteiger partial charge is 0.385 e. The van der Waals surface area contributed by atoms with E-state index in [0.717, 1.165) is 25.9 Å². The van der Waals surface area contributed by atoms with Gasteiger partial charge in [-0.3, -0.25) is 4.79 Å². The van der Waals surface area contributed by atoms with Gasteiger partial charge in [0.25, 0.3) is 0 Å². The minimum absolute atomic E-state index is 0.125. The second kappa shape index (κ2) is 4.89. The molecule has 0 radical (unpaired) electrons. The maximum atomic E-state index is 12.1. The number of carbonyl (C=O) groups excluding carboxylic acids is 1. The number of ether oxygens (including phenoxy) is 1. The Balaban J connectivity index is 2.46. The first-order valence-electron chi connectivity index (χ1n) is 5.34. The van der Waals surface area contributed by atoms with Gasteiger partial charge in [0.15, 0.2) is 0 Å². The van der Waals surface area contributed by atoms with Crippen molar-refractivity contribution < 1.29 is 9.53 Å². The summed E-state index contributed by atoms with van der Waals surface area (Å²) in [5.41, 5.74) is -0.132. The van der Waals surface area contributed by atoms with E-state index in [2.05, 4.69) is 12.2 Å². The fourth-order valence-corrected chi connectivity index (χ4v) is 2.05. The third-order valence-corrected chi connectivity index (χ3v) is 3.17. The molecule has 1 saturated heterocycles. The summed E-state index contributed by atoms with van der Waals surface area (Å²) in [7, 11) is 1.68. The summed E-state index contributed by atoms with van der Waals surface area (Å²) in [6.07, 6.45) is 1.81. The molecule has 1 N–H and O–H groups in total. The van der Waals surface area contributed by atoms with Gasteiger partial charge in [-0.05, 0) is 19.4 Å². The predicted molar refractivity (Wildman–Crippen MR) is 56.3 cm³/mol. The summed E-state index contributed by atoms with van der Waals surface area (Å²) < 4.78 is 4.99. The van der Waals surface area contributed by atoms with Crippen LogP contribution in [0.5, 0.6) is 0 Å². The number of hydrogen-bond donors (Lipinski definition) is 1. The van der Waals surface area contributed by atoms with Gasteiger partial charge in [0.1, 0.15) is 5.78 Å². The number of methoxy groups -OCH3 is 1. The van der Waals surface area contributed by atoms with Gasteiger partial charge < -0.3 is 10.1 Å². The molecule has 1 heterocycles. The highest BCUT2D eigenvalue weighted by Gasteiger charge is 2.38. The molecule has 3 heteroatoms. The molecule has 82 valence electrons. The Morgan fingerprint density at radius 1 is 1.64 bits per heavy atom. The van der Waals surface area contributed by atoms with E-state index in [4.69, 9.17) is 4.74 Å². The van der Waals surface area contributed by atoms with Crippen molar-refractivity contribution >= 4 is 5.78 Å². The summed E-state index contributed by atoms with van der Waals surface area (Å²) >= 11 is 0. The lowest BCUT2D eigenvalue weighted by Crippen LogP contribution is -2.34. The first-order valence-corrected chi connectivity index (χ1v) is 5.34. The molecule has 0 saturated carbocycles. The van der Waals surface area contributed by atoms with Crippen molar-refractivity contribution in [1.29, 1.82) is 0 Å². The van der Waals surface area contributed by atoms with Gasteiger partial charge in [-0.1, -0.05) is 13.8 Å². The van der Waals surface area contributed by atoms with Gasteiger partial charge >= 0.3 is 0 Å². The molecule has 1 fully saturated rings. The lowest BCUT2D eigenvalue weighted by atomic mass is 9.78. The highest BCUT2D eigenvalue weighted by molar-refractivity contribution is 5.87. The van der Waals surface area contributed by atoms with Gasteiger partial charge in [-0.2, -0.15) is 0 Å². The molecule has 0 aromatic carbocycles. The molecule has 2 atom stereocenters. The van der Waals surface area contributed by atoms with E-state index in [1.807, 2.05) is 6.92 Å². The van der Waals surface area contributed by atoms with Crippen molar-refractivity contribution in [2.45, 2.75) is 26.7 Å². The predicted octanol–water partition coefficient (Wildman–Crippen LogP) is 1.23. The normalized spacial score (nSPS) is 29.1. The van der Waals surface area contributed by atoms with E-state index >= 15 is 0 Å². The van der Waals surface area contributed by atoms with Crippen LogP contribution in [0, 0.1) is 11.3 Å². The van der Waals surface area contributed by atoms with E-state index in [1.165, 1.54) is 0 Å². The van der Waals surface area contributed by atoms with E-state index in [-0.39, 0.29) is 11.3 Å². The second-order valence-electron chi connectivity index (χ2n) is 4.53. The molecule has 0 aromatic heterocycles. The van der Waals surface area contributed by atoms with Crippen molar-refractivity contribution in [3.05, 3.63) is 0 Å². The van der Waals surface area contributed by atoms with Crippen LogP contribution in [0.15, 0.2) is 0 Å². The quantitative estimate of drug-likeness (QED) is 0.723. The minimum Gasteiger partial charge on any atom is -0.385 e. The van der Waals surface area contributed by atoms with Crippen LogP contribution in [-0.2, 0) is 9.53 Å². The van der Waals surface area contributed by atoms with Crippen LogP contribution >= 0.6 is 0 Å². The van der Waals surface area contributed by atoms with E-state index in [0.29, 0.717) is 12.4 Å². The number of hydrogen-bond acceptors (Lipinski definition) is 3. The van der Waals surface area contributed by atoms with Crippen molar-refractivity contribution in [2.24, 2.45) is 11.3 Å². The van der Waals surface area contributed by atoms with Crippen LogP contribution < -0.4 is 5.32 Å². The molecule has 2 unspecified atom stereocenters. The SMILES string of the molecule is COCCC(C)C(=O)C1(C)CCNC1. The highest BCUT2D eigenvalue weighted by Crippen LogP contribution is 2.29. The second-order valence-corrected chi connectivity index (χ2v) is 4.53. The molecule has 0 amide bonds. The third kappa shape index (κ3) is 2.55. The van der Waals surface area contributed by atoms with Gasteiger partial charge in [0.05, 0.1) is 0 Å². The molecule has 0 aliphatic carbocycles. The highest BCUT2D eigenvalue weighted by atomic mass is 16.5. The summed E-state index contributed by atoms with van der Waals surface area (Å²) in [4.78, 5) is 12.1. The lowest BCUT2D eigenvalue weighted by Gasteiger charge is -2.24. The maximum Gasteiger partial charge on any atom is 0.142 e. The molecule has 1 aliphatic heterocycles. The van der Waals surface area contributed by atoms with Crippen LogP contribution in [0.25, 0.3) is 0 Å². The van der Waals surface area contributed by atoms with Crippen molar-refractivity contribution in [1.82, 2.24) is 5.32 Å². The Bertz CT molecular complexity index is 197. The third-order valence-electron chi connectivity index (χ3n) is 3.17. The van der Waals surface area contributed by atoms with Crippen LogP contribution in [0.3, 0.4) is 0 Å². The standard InChI is InChI=1S/C11H21NO2/c1-9(4-7-14-3)10(13)11(2)5-6-12-8-11/h9,12H,4-8H2,1-3H3. The molecule has 1 rings (SSSR count). The average molecular weight is 199 g/mol. The summed E-state index contributed by atoms with van der Waals surface area (Å²) in [6, 6.07) is 0. The van der Waals surface area contributed by atoms with Crippen molar-refractivity contribution in [3.8, 4) is 0 Å². The van der Waals surface area contributed by atoms with Crippen LogP contribution in [-0.4, -0.2) is 32.6 Å². The topological polar surface area (TPSA) is 38.3 Å². The number of ketones is 1. The summed E-state index contributed by atoms with van der Waals surface area (Å²) in [5.74, 6) is 0.513. The van der Waals surface area contributed by atoms with Crippen LogP contribution in [0.4, 0.5) is 0 Å². The zero-order valence-electron chi connectivity index (χ0n) is 9.43. The maximum absolute atomic E-state index is 12.1. The van der Waals surface area contributed by atoms with Crippen molar-refractivity contribution in [3.63, 3.8) is 0 Å².